The van der Waals surface area contributed by atoms with Crippen molar-refractivity contribution < 1.29 is 38.1 Å². The lowest BCUT2D eigenvalue weighted by Crippen LogP contribution is -2.63. The molecule has 0 spiro atoms. The van der Waals surface area contributed by atoms with Crippen LogP contribution in [0, 0.1) is 34.5 Å². The quantitative estimate of drug-likeness (QED) is 0.608. The van der Waals surface area contributed by atoms with E-state index < -0.39 is 59.5 Å². The number of hydrogen-bond acceptors (Lipinski definition) is 7. The molecule has 0 aromatic rings. The Morgan fingerprint density at radius 2 is 1.91 bits per heavy atom. The van der Waals surface area contributed by atoms with Gasteiger partial charge in [0.15, 0.2) is 18.0 Å². The summed E-state index contributed by atoms with van der Waals surface area (Å²) in [4.78, 5) is 49.0. The SMILES string of the molecule is CC(=O)OCC(=O)[C@@]1(OC(C)=O)CC[C@H]2[C@@H]3C[C@H](CF)C4=CC(=O)C=C[C@]4(C)[C@H]3C(O)C[C@@]21C. The van der Waals surface area contributed by atoms with Crippen LogP contribution in [0.5, 0.6) is 0 Å². The van der Waals surface area contributed by atoms with Gasteiger partial charge in [-0.3, -0.25) is 23.6 Å². The number of rotatable bonds is 5. The summed E-state index contributed by atoms with van der Waals surface area (Å²) in [6.07, 6.45) is 5.38. The Bertz CT molecular complexity index is 986. The van der Waals surface area contributed by atoms with Gasteiger partial charge in [-0.15, -0.1) is 0 Å². The fourth-order valence-corrected chi connectivity index (χ4v) is 7.90. The minimum absolute atomic E-state index is 0.125. The number of halogens is 1. The van der Waals surface area contributed by atoms with Crippen LogP contribution in [0.3, 0.4) is 0 Å². The predicted octanol–water partition coefficient (Wildman–Crippen LogP) is 2.89. The maximum absolute atomic E-state index is 14.3. The summed E-state index contributed by atoms with van der Waals surface area (Å²) in [6, 6.07) is 0. The lowest BCUT2D eigenvalue weighted by molar-refractivity contribution is -0.200. The van der Waals surface area contributed by atoms with E-state index in [-0.39, 0.29) is 36.4 Å². The molecule has 186 valence electrons. The predicted molar refractivity (Wildman–Crippen MR) is 119 cm³/mol. The molecule has 0 aromatic carbocycles. The van der Waals surface area contributed by atoms with Crippen LogP contribution < -0.4 is 0 Å². The summed E-state index contributed by atoms with van der Waals surface area (Å²) in [5, 5.41) is 11.5. The van der Waals surface area contributed by atoms with E-state index in [0.717, 1.165) is 5.57 Å². The van der Waals surface area contributed by atoms with Crippen molar-refractivity contribution in [3.63, 3.8) is 0 Å². The molecule has 1 unspecified atom stereocenters. The first-order valence-corrected chi connectivity index (χ1v) is 11.9. The van der Waals surface area contributed by atoms with Crippen LogP contribution in [-0.2, 0) is 28.7 Å². The third kappa shape index (κ3) is 3.48. The van der Waals surface area contributed by atoms with Crippen molar-refractivity contribution in [2.75, 3.05) is 13.3 Å². The number of hydrogen-bond donors (Lipinski definition) is 1. The number of alkyl halides is 1. The molecule has 34 heavy (non-hydrogen) atoms. The first-order chi connectivity index (χ1) is 15.9. The summed E-state index contributed by atoms with van der Waals surface area (Å²) in [6.45, 7) is 5.11. The second-order valence-corrected chi connectivity index (χ2v) is 10.9. The van der Waals surface area contributed by atoms with E-state index in [2.05, 4.69) is 0 Å². The smallest absolute Gasteiger partial charge is 0.303 e. The lowest BCUT2D eigenvalue weighted by atomic mass is 9.44. The minimum Gasteiger partial charge on any atom is -0.458 e. The molecule has 0 amide bonds. The van der Waals surface area contributed by atoms with Gasteiger partial charge >= 0.3 is 11.9 Å². The van der Waals surface area contributed by atoms with Crippen molar-refractivity contribution in [3.05, 3.63) is 23.8 Å². The first-order valence-electron chi connectivity index (χ1n) is 11.9. The van der Waals surface area contributed by atoms with Gasteiger partial charge in [0.1, 0.15) is 0 Å². The van der Waals surface area contributed by atoms with Crippen molar-refractivity contribution in [1.29, 1.82) is 0 Å². The molecule has 0 saturated heterocycles. The lowest BCUT2D eigenvalue weighted by Gasteiger charge is -2.61. The Balaban J connectivity index is 1.77. The largest absolute Gasteiger partial charge is 0.458 e. The highest BCUT2D eigenvalue weighted by Crippen LogP contribution is 2.68. The van der Waals surface area contributed by atoms with E-state index in [4.69, 9.17) is 9.47 Å². The molecule has 4 aliphatic rings. The maximum Gasteiger partial charge on any atom is 0.303 e. The fraction of sp³-hybridized carbons (Fsp3) is 0.692. The average Bonchev–Trinajstić information content (AvgIpc) is 3.03. The minimum atomic E-state index is -1.54. The van der Waals surface area contributed by atoms with E-state index >= 15 is 0 Å². The monoisotopic (exact) mass is 476 g/mol. The van der Waals surface area contributed by atoms with Gasteiger partial charge < -0.3 is 14.6 Å². The molecule has 8 atom stereocenters. The van der Waals surface area contributed by atoms with Crippen molar-refractivity contribution in [3.8, 4) is 0 Å². The molecule has 3 saturated carbocycles. The van der Waals surface area contributed by atoms with Crippen molar-refractivity contribution >= 4 is 23.5 Å². The first kappa shape index (κ1) is 24.8. The molecule has 0 heterocycles. The number of allylic oxidation sites excluding steroid dienone is 4. The number of carbonyl (C=O) groups excluding carboxylic acids is 4. The number of ketones is 2. The van der Waals surface area contributed by atoms with E-state index in [1.165, 1.54) is 26.0 Å². The Labute approximate surface area is 198 Å². The van der Waals surface area contributed by atoms with Crippen LogP contribution in [-0.4, -0.2) is 53.6 Å². The number of ether oxygens (including phenoxy) is 2. The zero-order chi connectivity index (χ0) is 25.1. The summed E-state index contributed by atoms with van der Waals surface area (Å²) < 4.78 is 25.0. The molecule has 8 heteroatoms. The zero-order valence-electron chi connectivity index (χ0n) is 20.1. The van der Waals surface area contributed by atoms with Gasteiger partial charge in [0, 0.05) is 36.5 Å². The number of aliphatic hydroxyl groups excluding tert-OH is 1. The molecule has 0 radical (unpaired) electrons. The van der Waals surface area contributed by atoms with Crippen molar-refractivity contribution in [1.82, 2.24) is 0 Å². The van der Waals surface area contributed by atoms with Crippen LogP contribution in [0.2, 0.25) is 0 Å². The number of Topliss-reactive ketones (excluding diaryl/α,β-unsaturated/α-hetero) is 1. The normalized spacial score (nSPS) is 42.7. The van der Waals surface area contributed by atoms with Crippen LogP contribution in [0.1, 0.15) is 53.4 Å². The zero-order valence-corrected chi connectivity index (χ0v) is 20.1. The maximum atomic E-state index is 14.3. The molecule has 0 aliphatic heterocycles. The fourth-order valence-electron chi connectivity index (χ4n) is 7.90. The number of carbonyl (C=O) groups is 4. The molecule has 0 aromatic heterocycles. The molecule has 7 nitrogen and oxygen atoms in total. The molecule has 4 rings (SSSR count). The Kier molecular flexibility index (Phi) is 6.12. The molecule has 3 fully saturated rings. The highest BCUT2D eigenvalue weighted by Gasteiger charge is 2.70. The number of aliphatic hydroxyl groups is 1. The molecular formula is C26H33FO7. The second kappa shape index (κ2) is 8.40. The summed E-state index contributed by atoms with van der Waals surface area (Å²) in [5.41, 5.74) is -2.40. The van der Waals surface area contributed by atoms with E-state index in [9.17, 15) is 28.7 Å². The van der Waals surface area contributed by atoms with E-state index in [1.807, 2.05) is 13.8 Å². The Hall–Kier alpha value is -2.35. The van der Waals surface area contributed by atoms with Crippen LogP contribution in [0.25, 0.3) is 0 Å². The van der Waals surface area contributed by atoms with Gasteiger partial charge in [-0.25, -0.2) is 0 Å². The summed E-state index contributed by atoms with van der Waals surface area (Å²) in [5.74, 6) is -2.90. The highest BCUT2D eigenvalue weighted by atomic mass is 19.1. The topological polar surface area (TPSA) is 107 Å². The second-order valence-electron chi connectivity index (χ2n) is 10.9. The third-order valence-corrected chi connectivity index (χ3v) is 9.14. The number of fused-ring (bicyclic) bond motifs is 5. The van der Waals surface area contributed by atoms with Gasteiger partial charge in [-0.2, -0.15) is 0 Å². The molecule has 0 bridgehead atoms. The van der Waals surface area contributed by atoms with Gasteiger partial charge in [-0.05, 0) is 49.7 Å². The summed E-state index contributed by atoms with van der Waals surface area (Å²) in [7, 11) is 0. The van der Waals surface area contributed by atoms with Crippen molar-refractivity contribution in [2.24, 2.45) is 34.5 Å². The van der Waals surface area contributed by atoms with Crippen LogP contribution in [0.15, 0.2) is 23.8 Å². The van der Waals surface area contributed by atoms with E-state index in [1.54, 1.807) is 6.08 Å². The van der Waals surface area contributed by atoms with Crippen molar-refractivity contribution in [2.45, 2.75) is 65.1 Å². The Morgan fingerprint density at radius 1 is 1.21 bits per heavy atom. The number of esters is 2. The average molecular weight is 477 g/mol. The van der Waals surface area contributed by atoms with Gasteiger partial charge in [0.05, 0.1) is 12.8 Å². The van der Waals surface area contributed by atoms with Crippen LogP contribution >= 0.6 is 0 Å². The van der Waals surface area contributed by atoms with Gasteiger partial charge in [0.2, 0.25) is 5.78 Å². The molecular weight excluding hydrogens is 443 g/mol. The summed E-state index contributed by atoms with van der Waals surface area (Å²) >= 11 is 0. The van der Waals surface area contributed by atoms with E-state index in [0.29, 0.717) is 12.8 Å². The Morgan fingerprint density at radius 3 is 2.53 bits per heavy atom. The molecule has 1 N–H and O–H groups in total. The van der Waals surface area contributed by atoms with Gasteiger partial charge in [-0.1, -0.05) is 25.5 Å². The van der Waals surface area contributed by atoms with Gasteiger partial charge in [0.25, 0.3) is 0 Å². The molecule has 4 aliphatic carbocycles. The van der Waals surface area contributed by atoms with Crippen LogP contribution in [0.4, 0.5) is 4.39 Å². The third-order valence-electron chi connectivity index (χ3n) is 9.14. The highest BCUT2D eigenvalue weighted by molar-refractivity contribution is 6.01. The standard InChI is InChI=1S/C26H33FO7/c1-14(28)33-13-22(32)26(34-15(2)29)8-6-19-18-9-16(12-27)20-10-17(30)5-7-24(20,3)23(18)21(31)11-25(19,26)4/h5,7,10,16,18-19,21,23,31H,6,8-9,11-13H2,1-4H3/t16-,18+,19+,21?,23-,24+,25+,26+/m1/s1.